The molecular weight excluding hydrogens is 258 g/mol. The first-order valence-electron chi connectivity index (χ1n) is 6.66. The van der Waals surface area contributed by atoms with Gasteiger partial charge in [0.15, 0.2) is 0 Å². The van der Waals surface area contributed by atoms with E-state index in [0.717, 1.165) is 12.1 Å². The SMILES string of the molecule is Cc1ccc(NC(=O)NCCC(C)CCC(=O)O)cn1. The van der Waals surface area contributed by atoms with Crippen LogP contribution in [0.2, 0.25) is 0 Å². The fourth-order valence-electron chi connectivity index (χ4n) is 1.66. The number of carboxylic acids is 1. The van der Waals surface area contributed by atoms with Gasteiger partial charge in [0, 0.05) is 18.7 Å². The molecule has 0 radical (unpaired) electrons. The Kier molecular flexibility index (Phi) is 6.49. The molecule has 0 aliphatic rings. The Morgan fingerprint density at radius 2 is 2.10 bits per heavy atom. The molecule has 1 unspecified atom stereocenters. The van der Waals surface area contributed by atoms with Gasteiger partial charge in [0.25, 0.3) is 0 Å². The van der Waals surface area contributed by atoms with Crippen LogP contribution in [-0.2, 0) is 4.79 Å². The molecule has 0 fully saturated rings. The molecule has 0 spiro atoms. The van der Waals surface area contributed by atoms with Crippen LogP contribution < -0.4 is 10.6 Å². The van der Waals surface area contributed by atoms with Gasteiger partial charge in [-0.1, -0.05) is 6.92 Å². The summed E-state index contributed by atoms with van der Waals surface area (Å²) in [6, 6.07) is 3.34. The third kappa shape index (κ3) is 6.72. The van der Waals surface area contributed by atoms with Gasteiger partial charge < -0.3 is 15.7 Å². The molecule has 0 aromatic carbocycles. The van der Waals surface area contributed by atoms with Crippen molar-refractivity contribution in [2.75, 3.05) is 11.9 Å². The molecule has 1 atom stereocenters. The van der Waals surface area contributed by atoms with E-state index >= 15 is 0 Å². The summed E-state index contributed by atoms with van der Waals surface area (Å²) in [5, 5.41) is 14.0. The number of urea groups is 1. The second-order valence-electron chi connectivity index (χ2n) is 4.90. The van der Waals surface area contributed by atoms with Gasteiger partial charge in [-0.15, -0.1) is 0 Å². The lowest BCUT2D eigenvalue weighted by Gasteiger charge is -2.11. The van der Waals surface area contributed by atoms with E-state index in [1.54, 1.807) is 12.3 Å². The summed E-state index contributed by atoms with van der Waals surface area (Å²) in [6.07, 6.45) is 3.15. The van der Waals surface area contributed by atoms with Crippen molar-refractivity contribution in [3.8, 4) is 0 Å². The molecule has 1 heterocycles. The van der Waals surface area contributed by atoms with Crippen molar-refractivity contribution in [2.24, 2.45) is 5.92 Å². The molecule has 3 N–H and O–H groups in total. The van der Waals surface area contributed by atoms with Crippen molar-refractivity contribution in [2.45, 2.75) is 33.1 Å². The molecule has 1 aromatic heterocycles. The lowest BCUT2D eigenvalue weighted by atomic mass is 10.0. The number of hydrogen-bond acceptors (Lipinski definition) is 3. The number of hydrogen-bond donors (Lipinski definition) is 3. The van der Waals surface area contributed by atoms with Gasteiger partial charge in [-0.2, -0.15) is 0 Å². The zero-order chi connectivity index (χ0) is 15.0. The zero-order valence-electron chi connectivity index (χ0n) is 11.8. The summed E-state index contributed by atoms with van der Waals surface area (Å²) < 4.78 is 0. The molecule has 1 aromatic rings. The Balaban J connectivity index is 2.20. The van der Waals surface area contributed by atoms with Crippen LogP contribution in [-0.4, -0.2) is 28.6 Å². The highest BCUT2D eigenvalue weighted by Crippen LogP contribution is 2.09. The summed E-state index contributed by atoms with van der Waals surface area (Å²) in [7, 11) is 0. The van der Waals surface area contributed by atoms with E-state index in [1.807, 2.05) is 19.9 Å². The van der Waals surface area contributed by atoms with Crippen LogP contribution in [0, 0.1) is 12.8 Å². The van der Waals surface area contributed by atoms with Crippen LogP contribution >= 0.6 is 0 Å². The summed E-state index contributed by atoms with van der Waals surface area (Å²) in [5.74, 6) is -0.512. The van der Waals surface area contributed by atoms with E-state index in [4.69, 9.17) is 5.11 Å². The van der Waals surface area contributed by atoms with Crippen molar-refractivity contribution in [3.05, 3.63) is 24.0 Å². The average molecular weight is 279 g/mol. The maximum atomic E-state index is 11.6. The Hall–Kier alpha value is -2.11. The van der Waals surface area contributed by atoms with Gasteiger partial charge in [0.2, 0.25) is 0 Å². The molecular formula is C14H21N3O3. The van der Waals surface area contributed by atoms with E-state index in [9.17, 15) is 9.59 Å². The Bertz CT molecular complexity index is 445. The molecule has 6 nitrogen and oxygen atoms in total. The van der Waals surface area contributed by atoms with E-state index in [0.29, 0.717) is 18.7 Å². The Morgan fingerprint density at radius 1 is 1.35 bits per heavy atom. The maximum absolute atomic E-state index is 11.6. The number of carboxylic acid groups (broad SMARTS) is 1. The highest BCUT2D eigenvalue weighted by molar-refractivity contribution is 5.88. The molecule has 6 heteroatoms. The first-order valence-corrected chi connectivity index (χ1v) is 6.66. The van der Waals surface area contributed by atoms with Crippen molar-refractivity contribution in [3.63, 3.8) is 0 Å². The Morgan fingerprint density at radius 3 is 2.70 bits per heavy atom. The number of carbonyl (C=O) groups excluding carboxylic acids is 1. The first-order chi connectivity index (χ1) is 9.47. The van der Waals surface area contributed by atoms with Crippen LogP contribution in [0.15, 0.2) is 18.3 Å². The van der Waals surface area contributed by atoms with Crippen molar-refractivity contribution in [1.82, 2.24) is 10.3 Å². The second kappa shape index (κ2) is 8.14. The number of nitrogens with zero attached hydrogens (tertiary/aromatic N) is 1. The molecule has 20 heavy (non-hydrogen) atoms. The van der Waals surface area contributed by atoms with Crippen molar-refractivity contribution >= 4 is 17.7 Å². The van der Waals surface area contributed by atoms with Gasteiger partial charge >= 0.3 is 12.0 Å². The van der Waals surface area contributed by atoms with Crippen LogP contribution in [0.4, 0.5) is 10.5 Å². The number of amides is 2. The predicted molar refractivity (Wildman–Crippen MR) is 76.6 cm³/mol. The first kappa shape index (κ1) is 15.9. The molecule has 0 saturated heterocycles. The minimum absolute atomic E-state index is 0.169. The predicted octanol–water partition coefficient (Wildman–Crippen LogP) is 2.40. The topological polar surface area (TPSA) is 91.3 Å². The standard InChI is InChI=1S/C14H21N3O3/c1-10(3-6-13(18)19)7-8-15-14(20)17-12-5-4-11(2)16-9-12/h4-5,9-10H,3,6-8H2,1-2H3,(H,18,19)(H2,15,17,20). The minimum Gasteiger partial charge on any atom is -0.481 e. The van der Waals surface area contributed by atoms with Gasteiger partial charge in [0.1, 0.15) is 0 Å². The van der Waals surface area contributed by atoms with Gasteiger partial charge in [-0.25, -0.2) is 4.79 Å². The monoisotopic (exact) mass is 279 g/mol. The largest absolute Gasteiger partial charge is 0.481 e. The number of pyridine rings is 1. The van der Waals surface area contributed by atoms with Crippen LogP contribution in [0.5, 0.6) is 0 Å². The Labute approximate surface area is 118 Å². The lowest BCUT2D eigenvalue weighted by molar-refractivity contribution is -0.137. The minimum atomic E-state index is -0.783. The van der Waals surface area contributed by atoms with Gasteiger partial charge in [-0.3, -0.25) is 9.78 Å². The molecule has 0 bridgehead atoms. The third-order valence-corrected chi connectivity index (χ3v) is 2.94. The van der Waals surface area contributed by atoms with Crippen molar-refractivity contribution in [1.29, 1.82) is 0 Å². The molecule has 1 rings (SSSR count). The molecule has 0 aliphatic carbocycles. The van der Waals surface area contributed by atoms with Crippen molar-refractivity contribution < 1.29 is 14.7 Å². The number of carbonyl (C=O) groups is 2. The van der Waals surface area contributed by atoms with Crippen LogP contribution in [0.1, 0.15) is 31.9 Å². The number of anilines is 1. The average Bonchev–Trinajstić information content (AvgIpc) is 2.39. The molecule has 2 amide bonds. The molecule has 0 saturated carbocycles. The lowest BCUT2D eigenvalue weighted by Crippen LogP contribution is -2.30. The van der Waals surface area contributed by atoms with E-state index in [2.05, 4.69) is 15.6 Å². The van der Waals surface area contributed by atoms with Crippen LogP contribution in [0.3, 0.4) is 0 Å². The second-order valence-corrected chi connectivity index (χ2v) is 4.90. The van der Waals surface area contributed by atoms with Gasteiger partial charge in [-0.05, 0) is 37.8 Å². The number of aromatic nitrogens is 1. The summed E-state index contributed by atoms with van der Waals surface area (Å²) in [6.45, 7) is 4.38. The molecule has 110 valence electrons. The number of aliphatic carboxylic acids is 1. The quantitative estimate of drug-likeness (QED) is 0.714. The highest BCUT2D eigenvalue weighted by atomic mass is 16.4. The van der Waals surface area contributed by atoms with E-state index < -0.39 is 5.97 Å². The molecule has 0 aliphatic heterocycles. The maximum Gasteiger partial charge on any atom is 0.319 e. The van der Waals surface area contributed by atoms with Gasteiger partial charge in [0.05, 0.1) is 11.9 Å². The zero-order valence-corrected chi connectivity index (χ0v) is 11.8. The number of aryl methyl sites for hydroxylation is 1. The highest BCUT2D eigenvalue weighted by Gasteiger charge is 2.07. The normalized spacial score (nSPS) is 11.7. The van der Waals surface area contributed by atoms with E-state index in [1.165, 1.54) is 0 Å². The third-order valence-electron chi connectivity index (χ3n) is 2.94. The fourth-order valence-corrected chi connectivity index (χ4v) is 1.66. The summed E-state index contributed by atoms with van der Waals surface area (Å²) in [4.78, 5) is 26.1. The number of nitrogens with one attached hydrogen (secondary N) is 2. The fraction of sp³-hybridized carbons (Fsp3) is 0.500. The smallest absolute Gasteiger partial charge is 0.319 e. The number of rotatable bonds is 7. The summed E-state index contributed by atoms with van der Waals surface area (Å²) >= 11 is 0. The summed E-state index contributed by atoms with van der Waals surface area (Å²) in [5.41, 5.74) is 1.54. The van der Waals surface area contributed by atoms with E-state index in [-0.39, 0.29) is 18.4 Å². The van der Waals surface area contributed by atoms with Crippen LogP contribution in [0.25, 0.3) is 0 Å².